The highest BCUT2D eigenvalue weighted by molar-refractivity contribution is 5.94. The van der Waals surface area contributed by atoms with Gasteiger partial charge in [-0.15, -0.1) is 12.3 Å². The van der Waals surface area contributed by atoms with Crippen molar-refractivity contribution in [2.75, 3.05) is 6.54 Å². The van der Waals surface area contributed by atoms with E-state index in [2.05, 4.69) is 18.2 Å². The Labute approximate surface area is 90.7 Å². The lowest BCUT2D eigenvalue weighted by molar-refractivity contribution is 0.0954. The van der Waals surface area contributed by atoms with Crippen LogP contribution in [0.3, 0.4) is 0 Å². The molecular weight excluding hydrogens is 186 g/mol. The lowest BCUT2D eigenvalue weighted by Gasteiger charge is -2.03. The number of carbonyl (C=O) groups excluding carboxylic acids is 1. The second kappa shape index (κ2) is 5.87. The number of aryl methyl sites for hydroxylation is 1. The number of amides is 1. The van der Waals surface area contributed by atoms with Crippen LogP contribution in [0.1, 0.15) is 29.3 Å². The first-order valence-electron chi connectivity index (χ1n) is 5.08. The minimum atomic E-state index is -0.0621. The van der Waals surface area contributed by atoms with Gasteiger partial charge in [-0.05, 0) is 24.1 Å². The van der Waals surface area contributed by atoms with Crippen LogP contribution in [0, 0.1) is 12.3 Å². The summed E-state index contributed by atoms with van der Waals surface area (Å²) in [5.41, 5.74) is 1.92. The number of rotatable bonds is 4. The third-order valence-electron chi connectivity index (χ3n) is 2.18. The first-order valence-corrected chi connectivity index (χ1v) is 5.08. The smallest absolute Gasteiger partial charge is 0.251 e. The molecule has 0 fully saturated rings. The molecule has 0 aromatic heterocycles. The van der Waals surface area contributed by atoms with E-state index in [4.69, 9.17) is 6.42 Å². The lowest BCUT2D eigenvalue weighted by Crippen LogP contribution is -2.24. The molecule has 0 aliphatic carbocycles. The quantitative estimate of drug-likeness (QED) is 0.586. The van der Waals surface area contributed by atoms with Crippen LogP contribution in [0.15, 0.2) is 24.3 Å². The minimum Gasteiger partial charge on any atom is -0.351 e. The molecule has 0 unspecified atom stereocenters. The molecule has 1 aromatic carbocycles. The Morgan fingerprint density at radius 3 is 2.60 bits per heavy atom. The maximum Gasteiger partial charge on any atom is 0.251 e. The predicted octanol–water partition coefficient (Wildman–Crippen LogP) is 2.00. The van der Waals surface area contributed by atoms with Crippen molar-refractivity contribution in [3.05, 3.63) is 35.4 Å². The Bertz CT molecular complexity index is 359. The Morgan fingerprint density at radius 1 is 1.40 bits per heavy atom. The number of carbonyl (C=O) groups is 1. The van der Waals surface area contributed by atoms with Crippen LogP contribution >= 0.6 is 0 Å². The summed E-state index contributed by atoms with van der Waals surface area (Å²) in [4.78, 5) is 11.5. The van der Waals surface area contributed by atoms with Gasteiger partial charge in [0, 0.05) is 18.5 Å². The van der Waals surface area contributed by atoms with E-state index in [9.17, 15) is 4.79 Å². The van der Waals surface area contributed by atoms with E-state index in [0.29, 0.717) is 18.5 Å². The van der Waals surface area contributed by atoms with Crippen molar-refractivity contribution in [3.8, 4) is 12.3 Å². The van der Waals surface area contributed by atoms with Crippen LogP contribution < -0.4 is 5.32 Å². The molecule has 0 aliphatic rings. The van der Waals surface area contributed by atoms with Crippen molar-refractivity contribution in [2.45, 2.75) is 19.8 Å². The van der Waals surface area contributed by atoms with Crippen LogP contribution in [0.5, 0.6) is 0 Å². The van der Waals surface area contributed by atoms with Gasteiger partial charge in [-0.25, -0.2) is 0 Å². The molecule has 1 aromatic rings. The van der Waals surface area contributed by atoms with Crippen LogP contribution in [0.25, 0.3) is 0 Å². The second-order valence-corrected chi connectivity index (χ2v) is 3.26. The van der Waals surface area contributed by atoms with Crippen molar-refractivity contribution in [2.24, 2.45) is 0 Å². The summed E-state index contributed by atoms with van der Waals surface area (Å²) in [6, 6.07) is 7.61. The maximum atomic E-state index is 11.5. The van der Waals surface area contributed by atoms with Crippen molar-refractivity contribution >= 4 is 5.91 Å². The van der Waals surface area contributed by atoms with E-state index in [1.165, 1.54) is 5.56 Å². The molecule has 0 saturated heterocycles. The number of hydrogen-bond donors (Lipinski definition) is 1. The van der Waals surface area contributed by atoms with Gasteiger partial charge in [0.05, 0.1) is 0 Å². The van der Waals surface area contributed by atoms with Gasteiger partial charge in [0.15, 0.2) is 0 Å². The third kappa shape index (κ3) is 3.47. The fourth-order valence-corrected chi connectivity index (χ4v) is 1.24. The fourth-order valence-electron chi connectivity index (χ4n) is 1.24. The zero-order valence-corrected chi connectivity index (χ0v) is 8.92. The molecule has 1 N–H and O–H groups in total. The van der Waals surface area contributed by atoms with Crippen LogP contribution in [-0.4, -0.2) is 12.5 Å². The van der Waals surface area contributed by atoms with E-state index >= 15 is 0 Å². The molecule has 0 saturated carbocycles. The average molecular weight is 201 g/mol. The Hall–Kier alpha value is -1.75. The van der Waals surface area contributed by atoms with E-state index in [0.717, 1.165) is 6.42 Å². The van der Waals surface area contributed by atoms with E-state index in [1.807, 2.05) is 24.3 Å². The van der Waals surface area contributed by atoms with Crippen LogP contribution in [-0.2, 0) is 6.42 Å². The SMILES string of the molecule is C#CCCNC(=O)c1ccc(CC)cc1. The summed E-state index contributed by atoms with van der Waals surface area (Å²) in [6.45, 7) is 2.62. The largest absolute Gasteiger partial charge is 0.351 e. The van der Waals surface area contributed by atoms with Gasteiger partial charge >= 0.3 is 0 Å². The molecule has 0 radical (unpaired) electrons. The van der Waals surface area contributed by atoms with Gasteiger partial charge in [-0.3, -0.25) is 4.79 Å². The van der Waals surface area contributed by atoms with Crippen molar-refractivity contribution < 1.29 is 4.79 Å². The summed E-state index contributed by atoms with van der Waals surface area (Å²) < 4.78 is 0. The zero-order chi connectivity index (χ0) is 11.1. The molecule has 0 heterocycles. The monoisotopic (exact) mass is 201 g/mol. The number of benzene rings is 1. The first kappa shape index (κ1) is 11.3. The molecule has 78 valence electrons. The topological polar surface area (TPSA) is 29.1 Å². The highest BCUT2D eigenvalue weighted by atomic mass is 16.1. The van der Waals surface area contributed by atoms with E-state index in [1.54, 1.807) is 0 Å². The maximum absolute atomic E-state index is 11.5. The molecular formula is C13H15NO. The highest BCUT2D eigenvalue weighted by Gasteiger charge is 2.03. The number of nitrogens with one attached hydrogen (secondary N) is 1. The second-order valence-electron chi connectivity index (χ2n) is 3.26. The first-order chi connectivity index (χ1) is 7.27. The van der Waals surface area contributed by atoms with Gasteiger partial charge in [-0.1, -0.05) is 19.1 Å². The Balaban J connectivity index is 2.55. The average Bonchev–Trinajstić information content (AvgIpc) is 2.29. The fraction of sp³-hybridized carbons (Fsp3) is 0.308. The molecule has 0 bridgehead atoms. The zero-order valence-electron chi connectivity index (χ0n) is 8.92. The standard InChI is InChI=1S/C13H15NO/c1-3-5-10-14-13(15)12-8-6-11(4-2)7-9-12/h1,6-9H,4-5,10H2,2H3,(H,14,15). The molecule has 0 atom stereocenters. The molecule has 0 spiro atoms. The summed E-state index contributed by atoms with van der Waals surface area (Å²) in [5, 5.41) is 2.76. The summed E-state index contributed by atoms with van der Waals surface area (Å²) in [6.07, 6.45) is 6.64. The van der Waals surface area contributed by atoms with Crippen molar-refractivity contribution in [1.82, 2.24) is 5.32 Å². The van der Waals surface area contributed by atoms with Gasteiger partial charge in [0.25, 0.3) is 5.91 Å². The molecule has 15 heavy (non-hydrogen) atoms. The van der Waals surface area contributed by atoms with E-state index in [-0.39, 0.29) is 5.91 Å². The van der Waals surface area contributed by atoms with Crippen molar-refractivity contribution in [1.29, 1.82) is 0 Å². The molecule has 1 amide bonds. The van der Waals surface area contributed by atoms with Gasteiger partial charge < -0.3 is 5.32 Å². The van der Waals surface area contributed by atoms with Crippen LogP contribution in [0.4, 0.5) is 0 Å². The summed E-state index contributed by atoms with van der Waals surface area (Å²) in [7, 11) is 0. The highest BCUT2D eigenvalue weighted by Crippen LogP contribution is 2.04. The molecule has 1 rings (SSSR count). The minimum absolute atomic E-state index is 0.0621. The molecule has 2 nitrogen and oxygen atoms in total. The predicted molar refractivity (Wildman–Crippen MR) is 61.6 cm³/mol. The van der Waals surface area contributed by atoms with Crippen molar-refractivity contribution in [3.63, 3.8) is 0 Å². The summed E-state index contributed by atoms with van der Waals surface area (Å²) in [5.74, 6) is 2.42. The number of terminal acetylenes is 1. The Morgan fingerprint density at radius 2 is 2.07 bits per heavy atom. The molecule has 2 heteroatoms. The lowest BCUT2D eigenvalue weighted by atomic mass is 10.1. The summed E-state index contributed by atoms with van der Waals surface area (Å²) >= 11 is 0. The van der Waals surface area contributed by atoms with Gasteiger partial charge in [-0.2, -0.15) is 0 Å². The third-order valence-corrected chi connectivity index (χ3v) is 2.18. The molecule has 0 aliphatic heterocycles. The van der Waals surface area contributed by atoms with Gasteiger partial charge in [0.2, 0.25) is 0 Å². The van der Waals surface area contributed by atoms with Crippen LogP contribution in [0.2, 0.25) is 0 Å². The van der Waals surface area contributed by atoms with E-state index < -0.39 is 0 Å². The number of hydrogen-bond acceptors (Lipinski definition) is 1. The van der Waals surface area contributed by atoms with Gasteiger partial charge in [0.1, 0.15) is 0 Å². The normalized spacial score (nSPS) is 9.33. The Kier molecular flexibility index (Phi) is 4.43.